The first-order valence-corrected chi connectivity index (χ1v) is 3.78. The van der Waals surface area contributed by atoms with Crippen molar-refractivity contribution in [1.29, 1.82) is 0 Å². The van der Waals surface area contributed by atoms with Crippen molar-refractivity contribution in [3.05, 3.63) is 29.8 Å². The number of carbonyl (C=O) groups is 1. The third kappa shape index (κ3) is 1.69. The summed E-state index contributed by atoms with van der Waals surface area (Å²) in [6.45, 7) is 3.60. The average Bonchev–Trinajstić information content (AvgIpc) is 2.16. The van der Waals surface area contributed by atoms with E-state index in [0.29, 0.717) is 23.3 Å². The molecule has 0 aliphatic heterocycles. The summed E-state index contributed by atoms with van der Waals surface area (Å²) in [5.74, 6) is 0.513. The minimum atomic E-state index is 0.442. The fraction of sp³-hybridized carbons (Fsp3) is 0.100. The second kappa shape index (κ2) is 3.76. The van der Waals surface area contributed by atoms with Crippen LogP contribution in [0.15, 0.2) is 18.7 Å². The maximum atomic E-state index is 10.6. The molecule has 0 saturated heterocycles. The Hall–Kier alpha value is -1.77. The number of benzene rings is 1. The van der Waals surface area contributed by atoms with E-state index in [9.17, 15) is 4.79 Å². The zero-order valence-corrected chi connectivity index (χ0v) is 7.41. The summed E-state index contributed by atoms with van der Waals surface area (Å²) in [6.07, 6.45) is 2.31. The van der Waals surface area contributed by atoms with Gasteiger partial charge >= 0.3 is 0 Å². The van der Waals surface area contributed by atoms with Crippen molar-refractivity contribution in [3.8, 4) is 5.75 Å². The molecule has 3 heteroatoms. The molecule has 1 aromatic carbocycles. The molecule has 2 N–H and O–H groups in total. The number of nitrogen functional groups attached to an aromatic ring is 1. The van der Waals surface area contributed by atoms with E-state index in [0.717, 1.165) is 5.56 Å². The van der Waals surface area contributed by atoms with Crippen molar-refractivity contribution in [2.24, 2.45) is 0 Å². The molecule has 0 radical (unpaired) electrons. The van der Waals surface area contributed by atoms with E-state index in [4.69, 9.17) is 10.5 Å². The van der Waals surface area contributed by atoms with Crippen LogP contribution in [0.4, 0.5) is 5.69 Å². The highest BCUT2D eigenvalue weighted by Gasteiger charge is 2.07. The summed E-state index contributed by atoms with van der Waals surface area (Å²) in [7, 11) is 1.51. The molecule has 0 aliphatic carbocycles. The van der Waals surface area contributed by atoms with Crippen LogP contribution in [0, 0.1) is 0 Å². The van der Waals surface area contributed by atoms with Crippen LogP contribution >= 0.6 is 0 Å². The van der Waals surface area contributed by atoms with Gasteiger partial charge in [0, 0.05) is 11.3 Å². The Labute approximate surface area is 76.8 Å². The summed E-state index contributed by atoms with van der Waals surface area (Å²) in [5.41, 5.74) is 7.27. The Morgan fingerprint density at radius 1 is 1.46 bits per heavy atom. The van der Waals surface area contributed by atoms with Gasteiger partial charge < -0.3 is 10.5 Å². The van der Waals surface area contributed by atoms with Crippen molar-refractivity contribution in [3.63, 3.8) is 0 Å². The molecule has 0 aromatic heterocycles. The molecular weight excluding hydrogens is 166 g/mol. The van der Waals surface area contributed by atoms with Gasteiger partial charge in [0.25, 0.3) is 0 Å². The van der Waals surface area contributed by atoms with Crippen LogP contribution in [0.5, 0.6) is 5.75 Å². The number of nitrogens with two attached hydrogens (primary N) is 1. The summed E-state index contributed by atoms with van der Waals surface area (Å²) in [4.78, 5) is 10.6. The number of ether oxygens (including phenoxy) is 1. The van der Waals surface area contributed by atoms with Crippen LogP contribution in [-0.2, 0) is 0 Å². The van der Waals surface area contributed by atoms with Gasteiger partial charge in [-0.05, 0) is 12.1 Å². The predicted octanol–water partition coefficient (Wildman–Crippen LogP) is 1.73. The number of hydrogen-bond donors (Lipinski definition) is 1. The fourth-order valence-corrected chi connectivity index (χ4v) is 1.17. The Kier molecular flexibility index (Phi) is 2.69. The van der Waals surface area contributed by atoms with Crippen molar-refractivity contribution in [2.45, 2.75) is 0 Å². The molecular formula is C10H11NO2. The predicted molar refractivity (Wildman–Crippen MR) is 52.9 cm³/mol. The van der Waals surface area contributed by atoms with Gasteiger partial charge in [0.2, 0.25) is 0 Å². The van der Waals surface area contributed by atoms with E-state index in [1.54, 1.807) is 18.2 Å². The molecule has 1 aromatic rings. The summed E-state index contributed by atoms with van der Waals surface area (Å²) in [5, 5.41) is 0. The third-order valence-corrected chi connectivity index (χ3v) is 1.72. The summed E-state index contributed by atoms with van der Waals surface area (Å²) < 4.78 is 5.06. The van der Waals surface area contributed by atoms with Gasteiger partial charge in [0.1, 0.15) is 5.75 Å². The molecule has 1 rings (SSSR count). The van der Waals surface area contributed by atoms with Crippen LogP contribution in [0.25, 0.3) is 6.08 Å². The Balaban J connectivity index is 3.41. The maximum absolute atomic E-state index is 10.6. The molecule has 0 amide bonds. The Morgan fingerprint density at radius 2 is 2.08 bits per heavy atom. The van der Waals surface area contributed by atoms with Gasteiger partial charge in [-0.25, -0.2) is 0 Å². The van der Waals surface area contributed by atoms with Crippen LogP contribution < -0.4 is 10.5 Å². The molecule has 0 heterocycles. The topological polar surface area (TPSA) is 52.3 Å². The van der Waals surface area contributed by atoms with E-state index in [1.165, 1.54) is 7.11 Å². The third-order valence-electron chi connectivity index (χ3n) is 1.72. The Morgan fingerprint density at radius 3 is 2.54 bits per heavy atom. The minimum absolute atomic E-state index is 0.442. The van der Waals surface area contributed by atoms with Crippen molar-refractivity contribution in [1.82, 2.24) is 0 Å². The van der Waals surface area contributed by atoms with Gasteiger partial charge in [-0.15, -0.1) is 0 Å². The van der Waals surface area contributed by atoms with Crippen molar-refractivity contribution < 1.29 is 9.53 Å². The van der Waals surface area contributed by atoms with Crippen molar-refractivity contribution >= 4 is 18.0 Å². The quantitative estimate of drug-likeness (QED) is 0.565. The number of carbonyl (C=O) groups excluding carboxylic acids is 1. The Bertz CT molecular complexity index is 316. The normalized spacial score (nSPS) is 9.31. The van der Waals surface area contributed by atoms with Gasteiger partial charge in [-0.3, -0.25) is 4.79 Å². The van der Waals surface area contributed by atoms with Crippen LogP contribution in [0.2, 0.25) is 0 Å². The highest BCUT2D eigenvalue weighted by Crippen LogP contribution is 2.26. The molecule has 68 valence electrons. The molecule has 3 nitrogen and oxygen atoms in total. The van der Waals surface area contributed by atoms with Crippen LogP contribution in [0.1, 0.15) is 15.9 Å². The second-order valence-electron chi connectivity index (χ2n) is 2.55. The SMILES string of the molecule is C=Cc1cc(N)cc(C=O)c1OC. The van der Waals surface area contributed by atoms with Crippen LogP contribution in [0.3, 0.4) is 0 Å². The molecule has 0 saturated carbocycles. The zero-order chi connectivity index (χ0) is 9.84. The number of anilines is 1. The number of methoxy groups -OCH3 is 1. The first-order chi connectivity index (χ1) is 6.22. The average molecular weight is 177 g/mol. The molecule has 0 bridgehead atoms. The second-order valence-corrected chi connectivity index (χ2v) is 2.55. The molecule has 0 unspecified atom stereocenters. The lowest BCUT2D eigenvalue weighted by atomic mass is 10.1. The smallest absolute Gasteiger partial charge is 0.153 e. The van der Waals surface area contributed by atoms with E-state index in [1.807, 2.05) is 0 Å². The zero-order valence-electron chi connectivity index (χ0n) is 7.41. The van der Waals surface area contributed by atoms with E-state index in [-0.39, 0.29) is 0 Å². The van der Waals surface area contributed by atoms with E-state index in [2.05, 4.69) is 6.58 Å². The molecule has 0 fully saturated rings. The standard InChI is InChI=1S/C10H11NO2/c1-3-7-4-9(11)5-8(6-12)10(7)13-2/h3-6H,1,11H2,2H3. The van der Waals surface area contributed by atoms with Gasteiger partial charge in [-0.1, -0.05) is 12.7 Å². The van der Waals surface area contributed by atoms with E-state index >= 15 is 0 Å². The molecule has 0 spiro atoms. The minimum Gasteiger partial charge on any atom is -0.495 e. The largest absolute Gasteiger partial charge is 0.495 e. The number of rotatable bonds is 3. The summed E-state index contributed by atoms with van der Waals surface area (Å²) >= 11 is 0. The fourth-order valence-electron chi connectivity index (χ4n) is 1.17. The van der Waals surface area contributed by atoms with Gasteiger partial charge in [-0.2, -0.15) is 0 Å². The first-order valence-electron chi connectivity index (χ1n) is 3.78. The van der Waals surface area contributed by atoms with Crippen molar-refractivity contribution in [2.75, 3.05) is 12.8 Å². The van der Waals surface area contributed by atoms with Gasteiger partial charge in [0.05, 0.1) is 12.7 Å². The molecule has 0 aliphatic rings. The molecule has 0 atom stereocenters. The lowest BCUT2D eigenvalue weighted by Gasteiger charge is -2.08. The van der Waals surface area contributed by atoms with Gasteiger partial charge in [0.15, 0.2) is 6.29 Å². The van der Waals surface area contributed by atoms with Crippen LogP contribution in [-0.4, -0.2) is 13.4 Å². The number of aldehydes is 1. The molecule has 13 heavy (non-hydrogen) atoms. The highest BCUT2D eigenvalue weighted by atomic mass is 16.5. The lowest BCUT2D eigenvalue weighted by Crippen LogP contribution is -1.96. The highest BCUT2D eigenvalue weighted by molar-refractivity contribution is 5.84. The first kappa shape index (κ1) is 9.32. The lowest BCUT2D eigenvalue weighted by molar-refractivity contribution is 0.112. The monoisotopic (exact) mass is 177 g/mol. The summed E-state index contributed by atoms with van der Waals surface area (Å²) in [6, 6.07) is 3.28. The maximum Gasteiger partial charge on any atom is 0.153 e. The number of hydrogen-bond acceptors (Lipinski definition) is 3. The van der Waals surface area contributed by atoms with E-state index < -0.39 is 0 Å².